The van der Waals surface area contributed by atoms with Crippen molar-refractivity contribution < 1.29 is 13.6 Å². The van der Waals surface area contributed by atoms with Gasteiger partial charge in [-0.25, -0.2) is 8.78 Å². The van der Waals surface area contributed by atoms with Gasteiger partial charge in [0.05, 0.1) is 12.1 Å². The van der Waals surface area contributed by atoms with Crippen LogP contribution < -0.4 is 0 Å². The second kappa shape index (κ2) is 6.41. The first-order chi connectivity index (χ1) is 9.49. The van der Waals surface area contributed by atoms with Crippen LogP contribution in [0.5, 0.6) is 0 Å². The van der Waals surface area contributed by atoms with Crippen LogP contribution in [0, 0.1) is 11.6 Å². The standard InChI is InChI=1S/C15H20F2N2O/c1-18(2)9-11-5-4-8-19(11)10-14(20)15-12(16)6-3-7-13(15)17/h3,6-7,11H,4-5,8-10H2,1-2H3. The van der Waals surface area contributed by atoms with Crippen LogP contribution in [0.1, 0.15) is 23.2 Å². The van der Waals surface area contributed by atoms with Crippen LogP contribution in [0.4, 0.5) is 8.78 Å². The lowest BCUT2D eigenvalue weighted by Crippen LogP contribution is -2.40. The topological polar surface area (TPSA) is 23.6 Å². The summed E-state index contributed by atoms with van der Waals surface area (Å²) in [4.78, 5) is 16.2. The Morgan fingerprint density at radius 3 is 2.60 bits per heavy atom. The summed E-state index contributed by atoms with van der Waals surface area (Å²) in [6.07, 6.45) is 2.04. The Kier molecular flexibility index (Phi) is 4.83. The first kappa shape index (κ1) is 15.1. The fraction of sp³-hybridized carbons (Fsp3) is 0.533. The molecular formula is C15H20F2N2O. The Morgan fingerprint density at radius 1 is 1.35 bits per heavy atom. The van der Waals surface area contributed by atoms with Gasteiger partial charge in [0.2, 0.25) is 0 Å². The van der Waals surface area contributed by atoms with Crippen molar-refractivity contribution in [3.8, 4) is 0 Å². The molecule has 0 amide bonds. The number of hydrogen-bond donors (Lipinski definition) is 0. The van der Waals surface area contributed by atoms with Crippen molar-refractivity contribution >= 4 is 5.78 Å². The normalized spacial score (nSPS) is 19.8. The summed E-state index contributed by atoms with van der Waals surface area (Å²) in [5, 5.41) is 0. The molecule has 1 aliphatic rings. The summed E-state index contributed by atoms with van der Waals surface area (Å²) >= 11 is 0. The van der Waals surface area contributed by atoms with E-state index in [1.165, 1.54) is 6.07 Å². The molecule has 110 valence electrons. The van der Waals surface area contributed by atoms with E-state index in [0.717, 1.165) is 38.1 Å². The summed E-state index contributed by atoms with van der Waals surface area (Å²) in [6.45, 7) is 1.74. The van der Waals surface area contributed by atoms with Gasteiger partial charge in [-0.05, 0) is 45.6 Å². The van der Waals surface area contributed by atoms with E-state index in [9.17, 15) is 13.6 Å². The average Bonchev–Trinajstić information content (AvgIpc) is 2.75. The number of rotatable bonds is 5. The quantitative estimate of drug-likeness (QED) is 0.773. The molecule has 0 aliphatic carbocycles. The van der Waals surface area contributed by atoms with Crippen LogP contribution in [0.2, 0.25) is 0 Å². The zero-order valence-electron chi connectivity index (χ0n) is 11.9. The minimum atomic E-state index is -0.779. The van der Waals surface area contributed by atoms with Crippen LogP contribution >= 0.6 is 0 Å². The Bertz CT molecular complexity index is 471. The number of nitrogens with zero attached hydrogens (tertiary/aromatic N) is 2. The van der Waals surface area contributed by atoms with Gasteiger partial charge in [0.25, 0.3) is 0 Å². The highest BCUT2D eigenvalue weighted by Gasteiger charge is 2.28. The molecule has 1 fully saturated rings. The SMILES string of the molecule is CN(C)CC1CCCN1CC(=O)c1c(F)cccc1F. The van der Waals surface area contributed by atoms with Gasteiger partial charge in [-0.2, -0.15) is 0 Å². The van der Waals surface area contributed by atoms with Gasteiger partial charge in [0.1, 0.15) is 11.6 Å². The molecule has 3 nitrogen and oxygen atoms in total. The molecule has 1 saturated heterocycles. The molecule has 0 saturated carbocycles. The Morgan fingerprint density at radius 2 is 2.00 bits per heavy atom. The average molecular weight is 282 g/mol. The van der Waals surface area contributed by atoms with Crippen LogP contribution in [0.25, 0.3) is 0 Å². The predicted octanol–water partition coefficient (Wildman–Crippen LogP) is 2.17. The first-order valence-electron chi connectivity index (χ1n) is 6.85. The van der Waals surface area contributed by atoms with Crippen molar-refractivity contribution in [3.05, 3.63) is 35.4 Å². The molecule has 0 bridgehead atoms. The lowest BCUT2D eigenvalue weighted by atomic mass is 10.1. The molecule has 0 spiro atoms. The molecule has 1 atom stereocenters. The molecular weight excluding hydrogens is 262 g/mol. The van der Waals surface area contributed by atoms with E-state index in [1.54, 1.807) is 0 Å². The van der Waals surface area contributed by atoms with Gasteiger partial charge in [0.15, 0.2) is 5.78 Å². The van der Waals surface area contributed by atoms with Gasteiger partial charge in [-0.1, -0.05) is 6.07 Å². The molecule has 0 aromatic heterocycles. The van der Waals surface area contributed by atoms with Crippen molar-refractivity contribution in [2.24, 2.45) is 0 Å². The smallest absolute Gasteiger partial charge is 0.182 e. The molecule has 1 aromatic rings. The van der Waals surface area contributed by atoms with Crippen LogP contribution in [-0.2, 0) is 0 Å². The Balaban J connectivity index is 2.07. The largest absolute Gasteiger partial charge is 0.308 e. The number of ketones is 1. The van der Waals surface area contributed by atoms with Gasteiger partial charge in [0, 0.05) is 12.6 Å². The number of likely N-dealkylation sites (N-methyl/N-ethyl adjacent to an activating group) is 1. The third-order valence-electron chi connectivity index (χ3n) is 3.66. The maximum atomic E-state index is 13.6. The molecule has 1 aromatic carbocycles. The lowest BCUT2D eigenvalue weighted by Gasteiger charge is -2.26. The van der Waals surface area contributed by atoms with E-state index in [4.69, 9.17) is 0 Å². The maximum Gasteiger partial charge on any atom is 0.182 e. The molecule has 0 radical (unpaired) electrons. The van der Waals surface area contributed by atoms with Gasteiger partial charge in [-0.15, -0.1) is 0 Å². The van der Waals surface area contributed by atoms with Gasteiger partial charge < -0.3 is 4.90 Å². The fourth-order valence-corrected chi connectivity index (χ4v) is 2.76. The molecule has 0 N–H and O–H groups in total. The molecule has 1 heterocycles. The van der Waals surface area contributed by atoms with E-state index >= 15 is 0 Å². The van der Waals surface area contributed by atoms with Gasteiger partial charge >= 0.3 is 0 Å². The number of Topliss-reactive ketones (excluding diaryl/α,β-unsaturated/α-hetero) is 1. The van der Waals surface area contributed by atoms with Gasteiger partial charge in [-0.3, -0.25) is 9.69 Å². The number of carbonyl (C=O) groups excluding carboxylic acids is 1. The number of halogens is 2. The Hall–Kier alpha value is -1.33. The summed E-state index contributed by atoms with van der Waals surface area (Å²) in [7, 11) is 3.96. The van der Waals surface area contributed by atoms with E-state index in [1.807, 2.05) is 19.0 Å². The first-order valence-corrected chi connectivity index (χ1v) is 6.85. The third kappa shape index (κ3) is 3.41. The number of hydrogen-bond acceptors (Lipinski definition) is 3. The zero-order chi connectivity index (χ0) is 14.7. The van der Waals surface area contributed by atoms with E-state index in [2.05, 4.69) is 4.90 Å². The molecule has 2 rings (SSSR count). The van der Waals surface area contributed by atoms with Crippen LogP contribution in [0.15, 0.2) is 18.2 Å². The predicted molar refractivity (Wildman–Crippen MR) is 73.8 cm³/mol. The fourth-order valence-electron chi connectivity index (χ4n) is 2.76. The monoisotopic (exact) mass is 282 g/mol. The number of likely N-dealkylation sites (tertiary alicyclic amines) is 1. The highest BCUT2D eigenvalue weighted by molar-refractivity contribution is 5.98. The van der Waals surface area contributed by atoms with Crippen LogP contribution in [0.3, 0.4) is 0 Å². The van der Waals surface area contributed by atoms with E-state index < -0.39 is 23.0 Å². The second-order valence-corrected chi connectivity index (χ2v) is 5.55. The highest BCUT2D eigenvalue weighted by Crippen LogP contribution is 2.20. The van der Waals surface area contributed by atoms with E-state index in [0.29, 0.717) is 0 Å². The number of carbonyl (C=O) groups is 1. The molecule has 1 aliphatic heterocycles. The van der Waals surface area contributed by atoms with E-state index in [-0.39, 0.29) is 12.6 Å². The van der Waals surface area contributed by atoms with Crippen molar-refractivity contribution in [1.29, 1.82) is 0 Å². The minimum Gasteiger partial charge on any atom is -0.308 e. The highest BCUT2D eigenvalue weighted by atomic mass is 19.1. The van der Waals surface area contributed by atoms with Crippen molar-refractivity contribution in [2.75, 3.05) is 33.7 Å². The van der Waals surface area contributed by atoms with Crippen molar-refractivity contribution in [2.45, 2.75) is 18.9 Å². The lowest BCUT2D eigenvalue weighted by molar-refractivity contribution is 0.0902. The molecule has 1 unspecified atom stereocenters. The summed E-state index contributed by atoms with van der Waals surface area (Å²) in [5.74, 6) is -2.04. The third-order valence-corrected chi connectivity index (χ3v) is 3.66. The van der Waals surface area contributed by atoms with Crippen LogP contribution in [-0.4, -0.2) is 55.4 Å². The number of benzene rings is 1. The molecule has 5 heteroatoms. The van der Waals surface area contributed by atoms with Crippen molar-refractivity contribution in [3.63, 3.8) is 0 Å². The second-order valence-electron chi connectivity index (χ2n) is 5.55. The summed E-state index contributed by atoms with van der Waals surface area (Å²) in [6, 6.07) is 3.80. The molecule has 20 heavy (non-hydrogen) atoms. The van der Waals surface area contributed by atoms with Crippen molar-refractivity contribution in [1.82, 2.24) is 9.80 Å². The maximum absolute atomic E-state index is 13.6. The zero-order valence-corrected chi connectivity index (χ0v) is 11.9. The Labute approximate surface area is 118 Å². The summed E-state index contributed by atoms with van der Waals surface area (Å²) in [5.41, 5.74) is -0.414. The summed E-state index contributed by atoms with van der Waals surface area (Å²) < 4.78 is 27.2. The minimum absolute atomic E-state index is 0.0797.